The fraction of sp³-hybridized carbons (Fsp3) is 0.529. The van der Waals surface area contributed by atoms with Crippen molar-refractivity contribution >= 4 is 11.8 Å². The van der Waals surface area contributed by atoms with Gasteiger partial charge in [0.25, 0.3) is 5.91 Å². The first kappa shape index (κ1) is 17.4. The van der Waals surface area contributed by atoms with E-state index in [-0.39, 0.29) is 24.2 Å². The summed E-state index contributed by atoms with van der Waals surface area (Å²) in [5.74, 6) is -0.938. The van der Waals surface area contributed by atoms with E-state index in [2.05, 4.69) is 5.32 Å². The van der Waals surface area contributed by atoms with Crippen molar-refractivity contribution in [1.82, 2.24) is 10.2 Å². The summed E-state index contributed by atoms with van der Waals surface area (Å²) in [6.07, 6.45) is 1.17. The van der Waals surface area contributed by atoms with Crippen molar-refractivity contribution in [1.29, 1.82) is 0 Å². The summed E-state index contributed by atoms with van der Waals surface area (Å²) < 4.78 is 13.1. The Balaban J connectivity index is 2.20. The molecule has 2 rings (SSSR count). The topological polar surface area (TPSA) is 69.6 Å². The van der Waals surface area contributed by atoms with Gasteiger partial charge in [-0.1, -0.05) is 25.5 Å². The molecule has 126 valence electrons. The summed E-state index contributed by atoms with van der Waals surface area (Å²) in [5, 5.41) is 13.0. The Morgan fingerprint density at radius 1 is 1.43 bits per heavy atom. The zero-order valence-corrected chi connectivity index (χ0v) is 13.7. The third kappa shape index (κ3) is 3.69. The normalized spacial score (nSPS) is 23.7. The Labute approximate surface area is 135 Å². The molecule has 1 aromatic rings. The van der Waals surface area contributed by atoms with Gasteiger partial charge in [0, 0.05) is 13.5 Å². The van der Waals surface area contributed by atoms with Gasteiger partial charge in [-0.2, -0.15) is 0 Å². The van der Waals surface area contributed by atoms with Crippen LogP contribution in [-0.2, 0) is 9.59 Å². The van der Waals surface area contributed by atoms with E-state index < -0.39 is 17.6 Å². The highest BCUT2D eigenvalue weighted by molar-refractivity contribution is 5.87. The minimum absolute atomic E-state index is 0.0974. The van der Waals surface area contributed by atoms with Crippen LogP contribution in [0.15, 0.2) is 24.3 Å². The Bertz CT molecular complexity index is 586. The Morgan fingerprint density at radius 2 is 2.04 bits per heavy atom. The third-order valence-corrected chi connectivity index (χ3v) is 4.34. The van der Waals surface area contributed by atoms with Crippen LogP contribution in [0.2, 0.25) is 0 Å². The molecule has 0 spiro atoms. The van der Waals surface area contributed by atoms with Gasteiger partial charge in [0.1, 0.15) is 11.4 Å². The van der Waals surface area contributed by atoms with Crippen LogP contribution in [0.5, 0.6) is 0 Å². The van der Waals surface area contributed by atoms with Gasteiger partial charge in [0.05, 0.1) is 12.1 Å². The van der Waals surface area contributed by atoms with E-state index in [4.69, 9.17) is 0 Å². The summed E-state index contributed by atoms with van der Waals surface area (Å²) in [7, 11) is 1.66. The molecule has 0 bridgehead atoms. The Hall–Kier alpha value is -1.95. The van der Waals surface area contributed by atoms with Crippen LogP contribution in [0.4, 0.5) is 4.39 Å². The van der Waals surface area contributed by atoms with Gasteiger partial charge in [-0.15, -0.1) is 0 Å². The highest BCUT2D eigenvalue weighted by atomic mass is 19.1. The van der Waals surface area contributed by atoms with E-state index in [1.54, 1.807) is 24.1 Å². The first-order chi connectivity index (χ1) is 10.8. The molecule has 1 fully saturated rings. The lowest BCUT2D eigenvalue weighted by Gasteiger charge is -2.29. The molecular weight excluding hydrogens is 299 g/mol. The molecular formula is C17H23FN2O3. The average molecular weight is 322 g/mol. The van der Waals surface area contributed by atoms with Crippen molar-refractivity contribution < 1.29 is 19.1 Å². The number of carbonyl (C=O) groups is 2. The molecule has 1 aromatic carbocycles. The zero-order chi connectivity index (χ0) is 17.2. The molecule has 0 aromatic heterocycles. The lowest BCUT2D eigenvalue weighted by atomic mass is 9.96. The predicted molar refractivity (Wildman–Crippen MR) is 84.0 cm³/mol. The standard InChI is InChI=1S/C17H23FN2O3/c1-4-9-17(2,23)16(22)19-13-10-14(21)20(3)15(13)11-5-7-12(18)8-6-11/h5-8,13,15,23H,4,9-10H2,1-3H3,(H,19,22). The summed E-state index contributed by atoms with van der Waals surface area (Å²) in [4.78, 5) is 25.9. The van der Waals surface area contributed by atoms with E-state index >= 15 is 0 Å². The Kier molecular flexibility index (Phi) is 5.04. The summed E-state index contributed by atoms with van der Waals surface area (Å²) >= 11 is 0. The number of hydrogen-bond donors (Lipinski definition) is 2. The van der Waals surface area contributed by atoms with Crippen LogP contribution in [0.1, 0.15) is 44.7 Å². The largest absolute Gasteiger partial charge is 0.380 e. The van der Waals surface area contributed by atoms with E-state index in [0.29, 0.717) is 12.8 Å². The molecule has 1 saturated heterocycles. The number of halogens is 1. The highest BCUT2D eigenvalue weighted by Crippen LogP contribution is 2.32. The maximum atomic E-state index is 13.1. The maximum Gasteiger partial charge on any atom is 0.251 e. The van der Waals surface area contributed by atoms with Crippen molar-refractivity contribution in [2.24, 2.45) is 0 Å². The van der Waals surface area contributed by atoms with E-state index in [1.807, 2.05) is 6.92 Å². The van der Waals surface area contributed by atoms with E-state index in [9.17, 15) is 19.1 Å². The average Bonchev–Trinajstić information content (AvgIpc) is 2.75. The van der Waals surface area contributed by atoms with Crippen LogP contribution in [-0.4, -0.2) is 40.5 Å². The number of hydrogen-bond acceptors (Lipinski definition) is 3. The summed E-state index contributed by atoms with van der Waals surface area (Å²) in [6, 6.07) is 5.06. The highest BCUT2D eigenvalue weighted by Gasteiger charge is 2.41. The van der Waals surface area contributed by atoms with Crippen molar-refractivity contribution in [3.8, 4) is 0 Å². The number of likely N-dealkylation sites (N-methyl/N-ethyl adjacent to an activating group) is 1. The molecule has 3 unspecified atom stereocenters. The summed E-state index contributed by atoms with van der Waals surface area (Å²) in [6.45, 7) is 3.36. The van der Waals surface area contributed by atoms with Crippen LogP contribution in [0, 0.1) is 5.82 Å². The first-order valence-corrected chi connectivity index (χ1v) is 7.80. The van der Waals surface area contributed by atoms with Crippen LogP contribution < -0.4 is 5.32 Å². The van der Waals surface area contributed by atoms with Crippen LogP contribution >= 0.6 is 0 Å². The Morgan fingerprint density at radius 3 is 2.61 bits per heavy atom. The van der Waals surface area contributed by atoms with Gasteiger partial charge >= 0.3 is 0 Å². The van der Waals surface area contributed by atoms with Gasteiger partial charge < -0.3 is 15.3 Å². The van der Waals surface area contributed by atoms with E-state index in [0.717, 1.165) is 5.56 Å². The van der Waals surface area contributed by atoms with Gasteiger partial charge in [0.15, 0.2) is 0 Å². The zero-order valence-electron chi connectivity index (χ0n) is 13.7. The minimum atomic E-state index is -1.47. The molecule has 1 aliphatic rings. The van der Waals surface area contributed by atoms with Crippen molar-refractivity contribution in [2.75, 3.05) is 7.05 Å². The number of benzene rings is 1. The summed E-state index contributed by atoms with van der Waals surface area (Å²) in [5.41, 5.74) is -0.716. The number of nitrogens with one attached hydrogen (secondary N) is 1. The second kappa shape index (κ2) is 6.66. The molecule has 0 aliphatic carbocycles. The first-order valence-electron chi connectivity index (χ1n) is 7.80. The minimum Gasteiger partial charge on any atom is -0.380 e. The molecule has 23 heavy (non-hydrogen) atoms. The fourth-order valence-electron chi connectivity index (χ4n) is 3.04. The van der Waals surface area contributed by atoms with Gasteiger partial charge in [-0.25, -0.2) is 4.39 Å². The molecule has 2 N–H and O–H groups in total. The molecule has 3 atom stereocenters. The van der Waals surface area contributed by atoms with Gasteiger partial charge in [-0.3, -0.25) is 9.59 Å². The smallest absolute Gasteiger partial charge is 0.251 e. The second-order valence-corrected chi connectivity index (χ2v) is 6.31. The van der Waals surface area contributed by atoms with Crippen molar-refractivity contribution in [3.05, 3.63) is 35.6 Å². The number of aliphatic hydroxyl groups is 1. The second-order valence-electron chi connectivity index (χ2n) is 6.31. The monoisotopic (exact) mass is 322 g/mol. The maximum absolute atomic E-state index is 13.1. The molecule has 0 saturated carbocycles. The van der Waals surface area contributed by atoms with Crippen molar-refractivity contribution in [3.63, 3.8) is 0 Å². The molecule has 1 heterocycles. The SMILES string of the molecule is CCCC(C)(O)C(=O)NC1CC(=O)N(C)C1c1ccc(F)cc1. The van der Waals surface area contributed by atoms with Gasteiger partial charge in [0.2, 0.25) is 5.91 Å². The number of nitrogens with zero attached hydrogens (tertiary/aromatic N) is 1. The molecule has 6 heteroatoms. The molecule has 0 radical (unpaired) electrons. The van der Waals surface area contributed by atoms with Crippen molar-refractivity contribution in [2.45, 2.75) is 50.8 Å². The van der Waals surface area contributed by atoms with Gasteiger partial charge in [-0.05, 0) is 31.0 Å². The lowest BCUT2D eigenvalue weighted by Crippen LogP contribution is -2.49. The number of carbonyl (C=O) groups excluding carboxylic acids is 2. The third-order valence-electron chi connectivity index (χ3n) is 4.34. The van der Waals surface area contributed by atoms with Crippen LogP contribution in [0.3, 0.4) is 0 Å². The molecule has 5 nitrogen and oxygen atoms in total. The fourth-order valence-corrected chi connectivity index (χ4v) is 3.04. The lowest BCUT2D eigenvalue weighted by molar-refractivity contribution is -0.139. The molecule has 2 amide bonds. The predicted octanol–water partition coefficient (Wildman–Crippen LogP) is 1.76. The number of amides is 2. The number of rotatable bonds is 5. The number of likely N-dealkylation sites (tertiary alicyclic amines) is 1. The molecule has 1 aliphatic heterocycles. The van der Waals surface area contributed by atoms with Crippen LogP contribution in [0.25, 0.3) is 0 Å². The quantitative estimate of drug-likeness (QED) is 0.868. The van der Waals surface area contributed by atoms with E-state index in [1.165, 1.54) is 19.1 Å².